The van der Waals surface area contributed by atoms with Crippen LogP contribution in [0.1, 0.15) is 30.5 Å². The van der Waals surface area contributed by atoms with Gasteiger partial charge in [0.15, 0.2) is 0 Å². The summed E-state index contributed by atoms with van der Waals surface area (Å²) in [5.41, 5.74) is 3.34. The molecule has 2 rings (SSSR count). The molecule has 2 aromatic carbocycles. The maximum atomic E-state index is 9.91. The molecule has 2 heteroatoms. The van der Waals surface area contributed by atoms with E-state index in [-0.39, 0.29) is 12.0 Å². The molecular weight excluding hydrogens is 260 g/mol. The Labute approximate surface area is 127 Å². The second kappa shape index (κ2) is 6.77. The van der Waals surface area contributed by atoms with E-state index in [9.17, 15) is 5.11 Å². The van der Waals surface area contributed by atoms with Crippen LogP contribution < -0.4 is 4.74 Å². The Morgan fingerprint density at radius 3 is 2.38 bits per heavy atom. The van der Waals surface area contributed by atoms with Crippen molar-refractivity contribution < 1.29 is 9.84 Å². The van der Waals surface area contributed by atoms with Crippen LogP contribution in [-0.2, 0) is 11.8 Å². The van der Waals surface area contributed by atoms with Gasteiger partial charge in [-0.15, -0.1) is 0 Å². The molecule has 0 heterocycles. The van der Waals surface area contributed by atoms with Gasteiger partial charge in [-0.25, -0.2) is 0 Å². The normalized spacial score (nSPS) is 13.7. The topological polar surface area (TPSA) is 29.5 Å². The van der Waals surface area contributed by atoms with E-state index in [1.807, 2.05) is 19.1 Å². The first-order valence-corrected chi connectivity index (χ1v) is 7.47. The zero-order chi connectivity index (χ0) is 15.3. The summed E-state index contributed by atoms with van der Waals surface area (Å²) in [4.78, 5) is 0. The maximum absolute atomic E-state index is 9.91. The van der Waals surface area contributed by atoms with Crippen molar-refractivity contribution in [1.82, 2.24) is 0 Å². The average Bonchev–Trinajstić information content (AvgIpc) is 2.49. The standard InChI is InChI=1S/C19H24O2/c1-4-21-18-10-8-16(9-11-18)13-19(3,14-20)17-7-5-6-15(2)12-17/h5-12,20H,4,13-14H2,1-3H3. The lowest BCUT2D eigenvalue weighted by Crippen LogP contribution is -2.29. The van der Waals surface area contributed by atoms with Gasteiger partial charge in [0.05, 0.1) is 13.2 Å². The van der Waals surface area contributed by atoms with E-state index in [2.05, 4.69) is 50.2 Å². The van der Waals surface area contributed by atoms with E-state index >= 15 is 0 Å². The van der Waals surface area contributed by atoms with E-state index < -0.39 is 0 Å². The van der Waals surface area contributed by atoms with Gasteiger partial charge in [0.1, 0.15) is 5.75 Å². The summed E-state index contributed by atoms with van der Waals surface area (Å²) in [7, 11) is 0. The molecule has 0 fully saturated rings. The summed E-state index contributed by atoms with van der Waals surface area (Å²) in [6.07, 6.45) is 0.805. The van der Waals surface area contributed by atoms with Crippen LogP contribution in [0.5, 0.6) is 5.75 Å². The molecule has 0 bridgehead atoms. The van der Waals surface area contributed by atoms with Crippen molar-refractivity contribution >= 4 is 0 Å². The fraction of sp³-hybridized carbons (Fsp3) is 0.368. The summed E-state index contributed by atoms with van der Waals surface area (Å²) < 4.78 is 5.47. The summed E-state index contributed by atoms with van der Waals surface area (Å²) in [6, 6.07) is 16.5. The first-order valence-electron chi connectivity index (χ1n) is 7.47. The molecule has 0 aliphatic carbocycles. The van der Waals surface area contributed by atoms with Gasteiger partial charge in [-0.1, -0.05) is 48.9 Å². The van der Waals surface area contributed by atoms with Crippen molar-refractivity contribution in [2.24, 2.45) is 0 Å². The van der Waals surface area contributed by atoms with Gasteiger partial charge in [0.25, 0.3) is 0 Å². The van der Waals surface area contributed by atoms with E-state index in [1.165, 1.54) is 16.7 Å². The third-order valence-electron chi connectivity index (χ3n) is 3.89. The third kappa shape index (κ3) is 3.85. The number of hydrogen-bond donors (Lipinski definition) is 1. The molecule has 1 unspecified atom stereocenters. The first kappa shape index (κ1) is 15.6. The fourth-order valence-electron chi connectivity index (χ4n) is 2.59. The van der Waals surface area contributed by atoms with Crippen molar-refractivity contribution in [3.05, 3.63) is 65.2 Å². The average molecular weight is 284 g/mol. The van der Waals surface area contributed by atoms with Gasteiger partial charge in [-0.2, -0.15) is 0 Å². The zero-order valence-corrected chi connectivity index (χ0v) is 13.1. The second-order valence-corrected chi connectivity index (χ2v) is 5.84. The van der Waals surface area contributed by atoms with Gasteiger partial charge < -0.3 is 9.84 Å². The molecule has 0 amide bonds. The Morgan fingerprint density at radius 1 is 1.10 bits per heavy atom. The van der Waals surface area contributed by atoms with Gasteiger partial charge >= 0.3 is 0 Å². The van der Waals surface area contributed by atoms with Crippen LogP contribution in [0.2, 0.25) is 0 Å². The molecular formula is C19H24O2. The SMILES string of the molecule is CCOc1ccc(CC(C)(CO)c2cccc(C)c2)cc1. The molecule has 21 heavy (non-hydrogen) atoms. The Kier molecular flexibility index (Phi) is 5.03. The predicted octanol–water partition coefficient (Wildman–Crippen LogP) is 3.89. The highest BCUT2D eigenvalue weighted by atomic mass is 16.5. The fourth-order valence-corrected chi connectivity index (χ4v) is 2.59. The van der Waals surface area contributed by atoms with Crippen LogP contribution in [0, 0.1) is 6.92 Å². The number of aryl methyl sites for hydroxylation is 1. The molecule has 0 saturated carbocycles. The van der Waals surface area contributed by atoms with Crippen molar-refractivity contribution in [2.45, 2.75) is 32.6 Å². The van der Waals surface area contributed by atoms with Crippen molar-refractivity contribution in [3.8, 4) is 5.75 Å². The number of benzene rings is 2. The molecule has 1 N–H and O–H groups in total. The third-order valence-corrected chi connectivity index (χ3v) is 3.89. The van der Waals surface area contributed by atoms with Crippen LogP contribution in [0.4, 0.5) is 0 Å². The predicted molar refractivity (Wildman–Crippen MR) is 86.9 cm³/mol. The summed E-state index contributed by atoms with van der Waals surface area (Å²) in [6.45, 7) is 6.98. The second-order valence-electron chi connectivity index (χ2n) is 5.84. The summed E-state index contributed by atoms with van der Waals surface area (Å²) >= 11 is 0. The zero-order valence-electron chi connectivity index (χ0n) is 13.1. The smallest absolute Gasteiger partial charge is 0.119 e. The van der Waals surface area contributed by atoms with Crippen molar-refractivity contribution in [2.75, 3.05) is 13.2 Å². The highest BCUT2D eigenvalue weighted by molar-refractivity contribution is 5.34. The van der Waals surface area contributed by atoms with E-state index in [0.29, 0.717) is 6.61 Å². The van der Waals surface area contributed by atoms with Crippen LogP contribution in [0.3, 0.4) is 0 Å². The minimum absolute atomic E-state index is 0.129. The maximum Gasteiger partial charge on any atom is 0.119 e. The highest BCUT2D eigenvalue weighted by Gasteiger charge is 2.26. The lowest BCUT2D eigenvalue weighted by atomic mass is 9.77. The molecule has 0 aliphatic heterocycles. The Hall–Kier alpha value is -1.80. The molecule has 2 nitrogen and oxygen atoms in total. The molecule has 0 saturated heterocycles. The Morgan fingerprint density at radius 2 is 1.81 bits per heavy atom. The number of aliphatic hydroxyl groups is 1. The number of rotatable bonds is 6. The Balaban J connectivity index is 2.21. The van der Waals surface area contributed by atoms with Crippen LogP contribution in [-0.4, -0.2) is 18.3 Å². The van der Waals surface area contributed by atoms with E-state index in [0.717, 1.165) is 12.2 Å². The summed E-state index contributed by atoms with van der Waals surface area (Å²) in [5, 5.41) is 9.91. The lowest BCUT2D eigenvalue weighted by Gasteiger charge is -2.28. The molecule has 1 atom stereocenters. The summed E-state index contributed by atoms with van der Waals surface area (Å²) in [5.74, 6) is 0.891. The highest BCUT2D eigenvalue weighted by Crippen LogP contribution is 2.29. The lowest BCUT2D eigenvalue weighted by molar-refractivity contribution is 0.204. The Bertz CT molecular complexity index is 574. The molecule has 0 spiro atoms. The largest absolute Gasteiger partial charge is 0.494 e. The minimum Gasteiger partial charge on any atom is -0.494 e. The number of ether oxygens (including phenoxy) is 1. The van der Waals surface area contributed by atoms with Crippen molar-refractivity contribution in [1.29, 1.82) is 0 Å². The van der Waals surface area contributed by atoms with Crippen LogP contribution >= 0.6 is 0 Å². The molecule has 2 aromatic rings. The molecule has 0 aromatic heterocycles. The molecule has 112 valence electrons. The van der Waals surface area contributed by atoms with E-state index in [1.54, 1.807) is 0 Å². The van der Waals surface area contributed by atoms with Gasteiger partial charge in [-0.05, 0) is 43.5 Å². The van der Waals surface area contributed by atoms with Gasteiger partial charge in [0.2, 0.25) is 0 Å². The number of aliphatic hydroxyl groups excluding tert-OH is 1. The van der Waals surface area contributed by atoms with E-state index in [4.69, 9.17) is 4.74 Å². The minimum atomic E-state index is -0.265. The monoisotopic (exact) mass is 284 g/mol. The van der Waals surface area contributed by atoms with Crippen LogP contribution in [0.25, 0.3) is 0 Å². The molecule has 0 radical (unpaired) electrons. The molecule has 0 aliphatic rings. The van der Waals surface area contributed by atoms with Crippen molar-refractivity contribution in [3.63, 3.8) is 0 Å². The van der Waals surface area contributed by atoms with Crippen LogP contribution in [0.15, 0.2) is 48.5 Å². The quantitative estimate of drug-likeness (QED) is 0.872. The first-order chi connectivity index (χ1) is 10.1. The number of hydrogen-bond acceptors (Lipinski definition) is 2. The van der Waals surface area contributed by atoms with Gasteiger partial charge in [0, 0.05) is 5.41 Å². The van der Waals surface area contributed by atoms with Gasteiger partial charge in [-0.3, -0.25) is 0 Å².